The highest BCUT2D eigenvalue weighted by molar-refractivity contribution is 7.99. The summed E-state index contributed by atoms with van der Waals surface area (Å²) in [6.07, 6.45) is 3.22. The Balaban J connectivity index is 1.50. The van der Waals surface area contributed by atoms with Gasteiger partial charge in [-0.05, 0) is 45.7 Å². The molecule has 0 unspecified atom stereocenters. The molecule has 9 heteroatoms. The maximum absolute atomic E-state index is 11.6. The molecule has 1 aromatic carbocycles. The number of benzene rings is 1. The summed E-state index contributed by atoms with van der Waals surface area (Å²) in [5.74, 6) is 2.43. The molecule has 162 valence electrons. The van der Waals surface area contributed by atoms with Crippen molar-refractivity contribution in [1.29, 1.82) is 0 Å². The van der Waals surface area contributed by atoms with Crippen LogP contribution in [-0.2, 0) is 11.2 Å². The molecular weight excluding hydrogens is 402 g/mol. The molecule has 0 atom stereocenters. The molecule has 1 N–H and O–H groups in total. The summed E-state index contributed by atoms with van der Waals surface area (Å²) in [5.41, 5.74) is 1.55. The monoisotopic (exact) mass is 431 g/mol. The highest BCUT2D eigenvalue weighted by Gasteiger charge is 2.20. The van der Waals surface area contributed by atoms with Crippen molar-refractivity contribution in [2.75, 3.05) is 19.4 Å². The molecule has 0 radical (unpaired) electrons. The summed E-state index contributed by atoms with van der Waals surface area (Å²) >= 11 is 1.64. The van der Waals surface area contributed by atoms with Crippen LogP contribution < -0.4 is 10.1 Å². The van der Waals surface area contributed by atoms with Gasteiger partial charge in [0.25, 0.3) is 0 Å². The smallest absolute Gasteiger partial charge is 0.407 e. The number of methoxy groups -OCH3 is 1. The number of hydrogen-bond donors (Lipinski definition) is 1. The maximum atomic E-state index is 11.6. The molecule has 0 spiro atoms. The van der Waals surface area contributed by atoms with Crippen LogP contribution in [0.3, 0.4) is 0 Å². The van der Waals surface area contributed by atoms with Crippen molar-refractivity contribution >= 4 is 23.6 Å². The average Bonchev–Trinajstić information content (AvgIpc) is 3.11. The van der Waals surface area contributed by atoms with Gasteiger partial charge in [0, 0.05) is 24.3 Å². The van der Waals surface area contributed by atoms with Crippen molar-refractivity contribution in [3.8, 4) is 5.75 Å². The van der Waals surface area contributed by atoms with Gasteiger partial charge >= 0.3 is 6.09 Å². The van der Waals surface area contributed by atoms with Crippen molar-refractivity contribution in [2.24, 2.45) is 5.10 Å². The molecule has 8 nitrogen and oxygen atoms in total. The fourth-order valence-corrected chi connectivity index (χ4v) is 3.81. The standard InChI is InChI=1S/C21H29N5O3S/c1-21(2,3)29-20(27)22-12-7-5-6-11-18-23-24-19-26(18)25-17(14-30-19)15-9-8-10-16(13-15)28-4/h8-10,13H,5-7,11-12,14H2,1-4H3,(H,22,27). The number of carbonyl (C=O) groups excluding carboxylic acids is 1. The first-order valence-corrected chi connectivity index (χ1v) is 11.1. The Kier molecular flexibility index (Phi) is 7.36. The summed E-state index contributed by atoms with van der Waals surface area (Å²) in [5, 5.41) is 17.0. The Morgan fingerprint density at radius 2 is 2.07 bits per heavy atom. The van der Waals surface area contributed by atoms with Crippen LogP contribution in [0.1, 0.15) is 51.4 Å². The van der Waals surface area contributed by atoms with E-state index in [1.807, 2.05) is 49.7 Å². The Morgan fingerprint density at radius 3 is 2.83 bits per heavy atom. The highest BCUT2D eigenvalue weighted by Crippen LogP contribution is 2.25. The van der Waals surface area contributed by atoms with E-state index in [4.69, 9.17) is 14.6 Å². The van der Waals surface area contributed by atoms with Crippen LogP contribution in [0.5, 0.6) is 5.75 Å². The average molecular weight is 432 g/mol. The van der Waals surface area contributed by atoms with Gasteiger partial charge in [0.1, 0.15) is 11.4 Å². The number of carbonyl (C=O) groups is 1. The van der Waals surface area contributed by atoms with E-state index in [1.165, 1.54) is 0 Å². The molecule has 0 saturated carbocycles. The molecule has 3 rings (SSSR count). The third kappa shape index (κ3) is 6.22. The minimum Gasteiger partial charge on any atom is -0.497 e. The number of unbranched alkanes of at least 4 members (excludes halogenated alkanes) is 2. The number of nitrogens with one attached hydrogen (secondary N) is 1. The lowest BCUT2D eigenvalue weighted by Crippen LogP contribution is -2.32. The second kappa shape index (κ2) is 9.97. The predicted molar refractivity (Wildman–Crippen MR) is 117 cm³/mol. The Morgan fingerprint density at radius 1 is 1.23 bits per heavy atom. The lowest BCUT2D eigenvalue weighted by atomic mass is 10.1. The van der Waals surface area contributed by atoms with Crippen molar-refractivity contribution in [1.82, 2.24) is 20.2 Å². The number of amides is 1. The molecule has 0 aliphatic carbocycles. The van der Waals surface area contributed by atoms with E-state index in [0.29, 0.717) is 6.54 Å². The van der Waals surface area contributed by atoms with E-state index in [9.17, 15) is 4.79 Å². The van der Waals surface area contributed by atoms with E-state index in [2.05, 4.69) is 15.5 Å². The molecule has 2 aromatic rings. The number of fused-ring (bicyclic) bond motifs is 1. The molecule has 2 heterocycles. The van der Waals surface area contributed by atoms with Crippen LogP contribution in [-0.4, -0.2) is 51.7 Å². The number of nitrogens with zero attached hydrogens (tertiary/aromatic N) is 4. The fraction of sp³-hybridized carbons (Fsp3) is 0.524. The molecule has 0 saturated heterocycles. The van der Waals surface area contributed by atoms with Gasteiger partial charge in [-0.3, -0.25) is 0 Å². The van der Waals surface area contributed by atoms with Crippen molar-refractivity contribution in [2.45, 2.75) is 57.2 Å². The first-order valence-electron chi connectivity index (χ1n) is 10.1. The zero-order valence-corrected chi connectivity index (χ0v) is 18.8. The molecule has 0 bridgehead atoms. The van der Waals surface area contributed by atoms with E-state index in [0.717, 1.165) is 59.4 Å². The second-order valence-corrected chi connectivity index (χ2v) is 8.96. The van der Waals surface area contributed by atoms with E-state index >= 15 is 0 Å². The lowest BCUT2D eigenvalue weighted by molar-refractivity contribution is 0.0527. The molecule has 30 heavy (non-hydrogen) atoms. The largest absolute Gasteiger partial charge is 0.497 e. The molecule has 1 aromatic heterocycles. The Labute approximate surface area is 181 Å². The first-order chi connectivity index (χ1) is 14.4. The van der Waals surface area contributed by atoms with Crippen LogP contribution in [0.2, 0.25) is 0 Å². The predicted octanol–water partition coefficient (Wildman–Crippen LogP) is 3.88. The number of thioether (sulfide) groups is 1. The maximum Gasteiger partial charge on any atom is 0.407 e. The number of ether oxygens (including phenoxy) is 2. The molecule has 1 amide bonds. The minimum atomic E-state index is -0.473. The highest BCUT2D eigenvalue weighted by atomic mass is 32.2. The first kappa shape index (κ1) is 22.1. The summed E-state index contributed by atoms with van der Waals surface area (Å²) in [4.78, 5) is 11.6. The van der Waals surface area contributed by atoms with Gasteiger partial charge in [-0.15, -0.1) is 10.2 Å². The third-order valence-corrected chi connectivity index (χ3v) is 5.31. The molecule has 1 aliphatic rings. The number of aryl methyl sites for hydroxylation is 1. The summed E-state index contributed by atoms with van der Waals surface area (Å²) in [6.45, 7) is 6.16. The van der Waals surface area contributed by atoms with Crippen molar-refractivity contribution in [3.05, 3.63) is 35.7 Å². The van der Waals surface area contributed by atoms with E-state index < -0.39 is 5.60 Å². The zero-order valence-electron chi connectivity index (χ0n) is 18.0. The summed E-state index contributed by atoms with van der Waals surface area (Å²) in [7, 11) is 1.66. The van der Waals surface area contributed by atoms with Crippen LogP contribution in [0, 0.1) is 0 Å². The summed E-state index contributed by atoms with van der Waals surface area (Å²) < 4.78 is 12.4. The second-order valence-electron chi connectivity index (χ2n) is 8.02. The number of rotatable bonds is 8. The molecular formula is C21H29N5O3S. The third-order valence-electron chi connectivity index (χ3n) is 4.38. The Bertz CT molecular complexity index is 904. The molecule has 0 fully saturated rings. The SMILES string of the molecule is COc1cccc(C2=Nn3c(CCCCCNC(=O)OC(C)(C)C)nnc3SC2)c1. The van der Waals surface area contributed by atoms with Crippen LogP contribution in [0.4, 0.5) is 4.79 Å². The molecule has 1 aliphatic heterocycles. The van der Waals surface area contributed by atoms with Gasteiger partial charge in [-0.25, -0.2) is 4.79 Å². The quantitative estimate of drug-likeness (QED) is 0.638. The van der Waals surface area contributed by atoms with Gasteiger partial charge in [0.05, 0.1) is 12.8 Å². The number of alkyl carbamates (subject to hydrolysis) is 1. The number of aromatic nitrogens is 3. The van der Waals surface area contributed by atoms with Crippen LogP contribution in [0.15, 0.2) is 34.5 Å². The topological polar surface area (TPSA) is 90.6 Å². The van der Waals surface area contributed by atoms with E-state index in [-0.39, 0.29) is 6.09 Å². The van der Waals surface area contributed by atoms with Crippen molar-refractivity contribution in [3.63, 3.8) is 0 Å². The lowest BCUT2D eigenvalue weighted by Gasteiger charge is -2.19. The van der Waals surface area contributed by atoms with Crippen LogP contribution in [0.25, 0.3) is 0 Å². The van der Waals surface area contributed by atoms with E-state index in [1.54, 1.807) is 18.9 Å². The van der Waals surface area contributed by atoms with Gasteiger partial charge in [-0.1, -0.05) is 30.3 Å². The normalized spacial score (nSPS) is 13.4. The van der Waals surface area contributed by atoms with Crippen molar-refractivity contribution < 1.29 is 14.3 Å². The summed E-state index contributed by atoms with van der Waals surface area (Å²) in [6, 6.07) is 7.92. The Hall–Kier alpha value is -2.55. The van der Waals surface area contributed by atoms with Crippen LogP contribution >= 0.6 is 11.8 Å². The zero-order chi connectivity index (χ0) is 21.6. The number of hydrogen-bond acceptors (Lipinski definition) is 7. The van der Waals surface area contributed by atoms with Gasteiger partial charge < -0.3 is 14.8 Å². The van der Waals surface area contributed by atoms with Gasteiger partial charge in [0.15, 0.2) is 5.82 Å². The van der Waals surface area contributed by atoms with Gasteiger partial charge in [0.2, 0.25) is 5.16 Å². The minimum absolute atomic E-state index is 0.370. The fourth-order valence-electron chi connectivity index (χ4n) is 2.96. The van der Waals surface area contributed by atoms with Gasteiger partial charge in [-0.2, -0.15) is 9.78 Å².